The van der Waals surface area contributed by atoms with Crippen molar-refractivity contribution in [3.63, 3.8) is 0 Å². The Labute approximate surface area is 206 Å². The van der Waals surface area contributed by atoms with Gasteiger partial charge >= 0.3 is 0 Å². The number of benzene rings is 1. The van der Waals surface area contributed by atoms with Gasteiger partial charge in [0.05, 0.1) is 11.1 Å². The third kappa shape index (κ3) is 6.94. The van der Waals surface area contributed by atoms with Crippen molar-refractivity contribution in [2.75, 3.05) is 33.7 Å². The number of rotatable bonds is 11. The lowest BCUT2D eigenvalue weighted by Crippen LogP contribution is -2.41. The van der Waals surface area contributed by atoms with E-state index >= 15 is 0 Å². The first-order chi connectivity index (χ1) is 15.7. The van der Waals surface area contributed by atoms with E-state index in [9.17, 15) is 13.5 Å². The smallest absolute Gasteiger partial charge is 0.244 e. The molecule has 1 aromatic heterocycles. The lowest BCUT2D eigenvalue weighted by atomic mass is 9.96. The quantitative estimate of drug-likeness (QED) is 0.474. The standard InChI is InChI=1S/C22H34ClN5O3S2/c1-4-28(15-17(29)14-27(2)3)33(30,31)19-12-8-11-18(21(19)23)22-26-25-20(32-22)13-24-16-9-6-5-7-10-16/h8,11-12,16-17,24,29H,4-7,9-10,13-15H2,1-3H3. The highest BCUT2D eigenvalue weighted by atomic mass is 35.5. The lowest BCUT2D eigenvalue weighted by molar-refractivity contribution is 0.115. The summed E-state index contributed by atoms with van der Waals surface area (Å²) >= 11 is 8.02. The van der Waals surface area contributed by atoms with Crippen LogP contribution in [0.15, 0.2) is 23.1 Å². The molecule has 184 valence electrons. The fraction of sp³-hybridized carbons (Fsp3) is 0.636. The minimum atomic E-state index is -3.89. The van der Waals surface area contributed by atoms with Gasteiger partial charge in [-0.1, -0.05) is 61.3 Å². The first kappa shape index (κ1) is 26.5. The zero-order chi connectivity index (χ0) is 24.0. The predicted octanol–water partition coefficient (Wildman–Crippen LogP) is 3.21. The molecule has 1 aliphatic rings. The molecule has 0 spiro atoms. The highest BCUT2D eigenvalue weighted by Crippen LogP contribution is 2.36. The Balaban J connectivity index is 1.77. The summed E-state index contributed by atoms with van der Waals surface area (Å²) in [6.45, 7) is 2.97. The molecule has 2 aromatic rings. The van der Waals surface area contributed by atoms with Gasteiger partial charge in [0, 0.05) is 37.8 Å². The number of aromatic nitrogens is 2. The van der Waals surface area contributed by atoms with Gasteiger partial charge in [-0.3, -0.25) is 0 Å². The molecule has 1 fully saturated rings. The van der Waals surface area contributed by atoms with E-state index in [1.807, 2.05) is 19.0 Å². The van der Waals surface area contributed by atoms with Crippen LogP contribution in [-0.4, -0.2) is 78.8 Å². The van der Waals surface area contributed by atoms with E-state index in [2.05, 4.69) is 15.5 Å². The van der Waals surface area contributed by atoms with Gasteiger partial charge < -0.3 is 15.3 Å². The van der Waals surface area contributed by atoms with Crippen LogP contribution in [0.4, 0.5) is 0 Å². The van der Waals surface area contributed by atoms with Crippen LogP contribution in [0.2, 0.25) is 5.02 Å². The van der Waals surface area contributed by atoms with Crippen LogP contribution in [0.25, 0.3) is 10.6 Å². The van der Waals surface area contributed by atoms with Crippen LogP contribution in [0.3, 0.4) is 0 Å². The Kier molecular flexibility index (Phi) is 9.63. The maximum absolute atomic E-state index is 13.3. The number of sulfonamides is 1. The molecule has 3 rings (SSSR count). The van der Waals surface area contributed by atoms with Crippen LogP contribution in [0.5, 0.6) is 0 Å². The van der Waals surface area contributed by atoms with Crippen molar-refractivity contribution in [1.82, 2.24) is 24.7 Å². The summed E-state index contributed by atoms with van der Waals surface area (Å²) in [4.78, 5) is 1.83. The average Bonchev–Trinajstić information content (AvgIpc) is 3.25. The fourth-order valence-electron chi connectivity index (χ4n) is 4.10. The van der Waals surface area contributed by atoms with Gasteiger partial charge in [-0.05, 0) is 33.0 Å². The van der Waals surface area contributed by atoms with E-state index in [0.717, 1.165) is 5.01 Å². The first-order valence-corrected chi connectivity index (χ1v) is 14.0. The number of nitrogens with zero attached hydrogens (tertiary/aromatic N) is 4. The van der Waals surface area contributed by atoms with Crippen LogP contribution >= 0.6 is 22.9 Å². The Hall–Kier alpha value is -1.14. The molecule has 1 unspecified atom stereocenters. The van der Waals surface area contributed by atoms with Crippen molar-refractivity contribution in [2.24, 2.45) is 0 Å². The predicted molar refractivity (Wildman–Crippen MR) is 133 cm³/mol. The van der Waals surface area contributed by atoms with Gasteiger partial charge in [0.15, 0.2) is 0 Å². The lowest BCUT2D eigenvalue weighted by Gasteiger charge is -2.25. The summed E-state index contributed by atoms with van der Waals surface area (Å²) < 4.78 is 27.9. The molecule has 0 aliphatic heterocycles. The van der Waals surface area contributed by atoms with E-state index in [4.69, 9.17) is 11.6 Å². The average molecular weight is 516 g/mol. The molecule has 0 saturated heterocycles. The molecule has 8 nitrogen and oxygen atoms in total. The largest absolute Gasteiger partial charge is 0.390 e. The number of aliphatic hydroxyl groups is 1. The second-order valence-corrected chi connectivity index (χ2v) is 12.1. The topological polar surface area (TPSA) is 98.7 Å². The van der Waals surface area contributed by atoms with Crippen molar-refractivity contribution in [3.8, 4) is 10.6 Å². The van der Waals surface area contributed by atoms with Crippen molar-refractivity contribution in [3.05, 3.63) is 28.2 Å². The summed E-state index contributed by atoms with van der Waals surface area (Å²) in [5.74, 6) is 0. The van der Waals surface area contributed by atoms with E-state index in [-0.39, 0.29) is 23.0 Å². The van der Waals surface area contributed by atoms with Crippen LogP contribution in [0, 0.1) is 0 Å². The second kappa shape index (κ2) is 12.0. The number of hydrogen-bond donors (Lipinski definition) is 2. The van der Waals surface area contributed by atoms with Gasteiger partial charge in [-0.25, -0.2) is 8.42 Å². The van der Waals surface area contributed by atoms with Gasteiger partial charge in [0.1, 0.15) is 14.9 Å². The zero-order valence-corrected chi connectivity index (χ0v) is 21.9. The van der Waals surface area contributed by atoms with Gasteiger partial charge in [0.2, 0.25) is 10.0 Å². The number of hydrogen-bond acceptors (Lipinski definition) is 8. The highest BCUT2D eigenvalue weighted by molar-refractivity contribution is 7.89. The molecule has 2 N–H and O–H groups in total. The van der Waals surface area contributed by atoms with Gasteiger partial charge in [0.25, 0.3) is 0 Å². The molecule has 1 saturated carbocycles. The molecule has 0 bridgehead atoms. The Morgan fingerprint density at radius 1 is 1.21 bits per heavy atom. The number of nitrogens with one attached hydrogen (secondary N) is 1. The minimum absolute atomic E-state index is 0.00659. The molecule has 33 heavy (non-hydrogen) atoms. The van der Waals surface area contributed by atoms with Crippen molar-refractivity contribution in [1.29, 1.82) is 0 Å². The number of aliphatic hydroxyl groups excluding tert-OH is 1. The maximum Gasteiger partial charge on any atom is 0.244 e. The van der Waals surface area contributed by atoms with Gasteiger partial charge in [-0.15, -0.1) is 10.2 Å². The van der Waals surface area contributed by atoms with Crippen molar-refractivity contribution < 1.29 is 13.5 Å². The SMILES string of the molecule is CCN(CC(O)CN(C)C)S(=O)(=O)c1cccc(-c2nnc(CNC3CCCCC3)s2)c1Cl. The van der Waals surface area contributed by atoms with Crippen molar-refractivity contribution >= 4 is 33.0 Å². The third-order valence-electron chi connectivity index (χ3n) is 5.77. The molecule has 1 aromatic carbocycles. The molecule has 1 atom stereocenters. The summed E-state index contributed by atoms with van der Waals surface area (Å²) in [5, 5.41) is 23.9. The molecule has 0 amide bonds. The minimum Gasteiger partial charge on any atom is -0.390 e. The Morgan fingerprint density at radius 2 is 1.94 bits per heavy atom. The monoisotopic (exact) mass is 515 g/mol. The molecular weight excluding hydrogens is 482 g/mol. The zero-order valence-electron chi connectivity index (χ0n) is 19.5. The van der Waals surface area contributed by atoms with Crippen molar-refractivity contribution in [2.45, 2.75) is 62.6 Å². The molecule has 0 radical (unpaired) electrons. The van der Waals surface area contributed by atoms with Gasteiger partial charge in [-0.2, -0.15) is 4.31 Å². The molecule has 1 aliphatic carbocycles. The van der Waals surface area contributed by atoms with Crippen LogP contribution < -0.4 is 5.32 Å². The maximum atomic E-state index is 13.3. The van der Waals surface area contributed by atoms with E-state index in [0.29, 0.717) is 29.7 Å². The third-order valence-corrected chi connectivity index (χ3v) is 9.23. The van der Waals surface area contributed by atoms with Crippen LogP contribution in [0.1, 0.15) is 44.0 Å². The molecule has 11 heteroatoms. The van der Waals surface area contributed by atoms with Crippen LogP contribution in [-0.2, 0) is 16.6 Å². The van der Waals surface area contributed by atoms with E-state index in [1.165, 1.54) is 53.8 Å². The Morgan fingerprint density at radius 3 is 2.61 bits per heavy atom. The summed E-state index contributed by atoms with van der Waals surface area (Å²) in [7, 11) is -0.237. The molecular formula is C22H34ClN5O3S2. The Bertz CT molecular complexity index is 1010. The van der Waals surface area contributed by atoms with E-state index < -0.39 is 16.1 Å². The summed E-state index contributed by atoms with van der Waals surface area (Å²) in [5.41, 5.74) is 0.545. The summed E-state index contributed by atoms with van der Waals surface area (Å²) in [6.07, 6.45) is 5.40. The second-order valence-electron chi connectivity index (χ2n) is 8.71. The molecule has 1 heterocycles. The number of halogens is 1. The fourth-order valence-corrected chi connectivity index (χ4v) is 7.06. The number of likely N-dealkylation sites (N-methyl/N-ethyl adjacent to an activating group) is 2. The summed E-state index contributed by atoms with van der Waals surface area (Å²) in [6, 6.07) is 5.44. The normalized spacial score (nSPS) is 16.6. The highest BCUT2D eigenvalue weighted by Gasteiger charge is 2.29. The first-order valence-electron chi connectivity index (χ1n) is 11.4. The van der Waals surface area contributed by atoms with E-state index in [1.54, 1.807) is 19.1 Å².